The third-order valence-corrected chi connectivity index (χ3v) is 2.60. The number of ether oxygens (including phenoxy) is 2. The maximum absolute atomic E-state index is 10.3. The van der Waals surface area contributed by atoms with Gasteiger partial charge in [0.05, 0.1) is 12.7 Å². The van der Waals surface area contributed by atoms with Gasteiger partial charge in [-0.1, -0.05) is 6.42 Å². The summed E-state index contributed by atoms with van der Waals surface area (Å²) in [6.45, 7) is 4.61. The Balaban J connectivity index is 2.07. The van der Waals surface area contributed by atoms with Crippen molar-refractivity contribution in [2.45, 2.75) is 57.8 Å². The molecular formula is C11H20O4. The topological polar surface area (TPSA) is 55.8 Å². The molecule has 1 rings (SSSR count). The monoisotopic (exact) mass is 216 g/mol. The number of unbranched alkanes of at least 4 members (excludes halogenated alkanes) is 2. The summed E-state index contributed by atoms with van der Waals surface area (Å²) in [5.41, 5.74) is 0. The molecule has 1 aliphatic rings. The van der Waals surface area contributed by atoms with E-state index < -0.39 is 11.8 Å². The molecule has 0 radical (unpaired) electrons. The number of rotatable bonds is 6. The highest BCUT2D eigenvalue weighted by Gasteiger charge is 2.34. The van der Waals surface area contributed by atoms with Gasteiger partial charge < -0.3 is 14.6 Å². The summed E-state index contributed by atoms with van der Waals surface area (Å²) < 4.78 is 11.2. The number of hydrogen-bond donors (Lipinski definition) is 1. The fraction of sp³-hybridized carbons (Fsp3) is 0.909. The van der Waals surface area contributed by atoms with Crippen LogP contribution in [0.15, 0.2) is 0 Å². The van der Waals surface area contributed by atoms with Gasteiger partial charge in [-0.25, -0.2) is 0 Å². The molecule has 4 nitrogen and oxygen atoms in total. The minimum Gasteiger partial charge on any atom is -0.481 e. The average Bonchev–Trinajstić information content (AvgIpc) is 2.45. The summed E-state index contributed by atoms with van der Waals surface area (Å²) in [5, 5.41) is 8.46. The molecular weight excluding hydrogens is 196 g/mol. The van der Waals surface area contributed by atoms with Crippen LogP contribution in [-0.2, 0) is 14.3 Å². The van der Waals surface area contributed by atoms with E-state index >= 15 is 0 Å². The maximum Gasteiger partial charge on any atom is 0.303 e. The summed E-state index contributed by atoms with van der Waals surface area (Å²) in [5.74, 6) is -1.16. The second-order valence-corrected chi connectivity index (χ2v) is 4.33. The lowest BCUT2D eigenvalue weighted by molar-refractivity contribution is -0.157. The normalized spacial score (nSPS) is 30.7. The molecule has 0 aliphatic carbocycles. The first kappa shape index (κ1) is 12.5. The van der Waals surface area contributed by atoms with Gasteiger partial charge in [0, 0.05) is 12.8 Å². The zero-order valence-electron chi connectivity index (χ0n) is 9.49. The molecule has 88 valence electrons. The van der Waals surface area contributed by atoms with Crippen LogP contribution in [0, 0.1) is 0 Å². The van der Waals surface area contributed by atoms with Crippen LogP contribution >= 0.6 is 0 Å². The first-order valence-corrected chi connectivity index (χ1v) is 5.55. The molecule has 0 bridgehead atoms. The van der Waals surface area contributed by atoms with E-state index in [-0.39, 0.29) is 12.5 Å². The molecule has 0 aromatic heterocycles. The second-order valence-electron chi connectivity index (χ2n) is 4.33. The minimum absolute atomic E-state index is 0.175. The van der Waals surface area contributed by atoms with Crippen LogP contribution in [0.1, 0.15) is 46.0 Å². The van der Waals surface area contributed by atoms with Gasteiger partial charge in [-0.2, -0.15) is 0 Å². The number of aliphatic carboxylic acids is 1. The molecule has 15 heavy (non-hydrogen) atoms. The van der Waals surface area contributed by atoms with Gasteiger partial charge in [0.15, 0.2) is 5.79 Å². The van der Waals surface area contributed by atoms with Crippen molar-refractivity contribution in [3.8, 4) is 0 Å². The maximum atomic E-state index is 10.3. The summed E-state index contributed by atoms with van der Waals surface area (Å²) in [7, 11) is 0. The second kappa shape index (κ2) is 5.47. The zero-order chi connectivity index (χ0) is 11.3. The van der Waals surface area contributed by atoms with E-state index in [0.717, 1.165) is 25.7 Å². The van der Waals surface area contributed by atoms with Gasteiger partial charge in [-0.05, 0) is 26.7 Å². The van der Waals surface area contributed by atoms with Crippen molar-refractivity contribution in [1.82, 2.24) is 0 Å². The van der Waals surface area contributed by atoms with E-state index in [9.17, 15) is 4.79 Å². The Morgan fingerprint density at radius 1 is 1.47 bits per heavy atom. The quantitative estimate of drug-likeness (QED) is 0.691. The predicted molar refractivity (Wildman–Crippen MR) is 55.6 cm³/mol. The van der Waals surface area contributed by atoms with Crippen molar-refractivity contribution in [3.63, 3.8) is 0 Å². The summed E-state index contributed by atoms with van der Waals surface area (Å²) in [4.78, 5) is 10.3. The van der Waals surface area contributed by atoms with Crippen LogP contribution in [0.2, 0.25) is 0 Å². The van der Waals surface area contributed by atoms with Gasteiger partial charge in [-0.3, -0.25) is 4.79 Å². The molecule has 0 saturated carbocycles. The third kappa shape index (κ3) is 4.62. The standard InChI is InChI=1S/C11H20O4/c1-9-8-14-11(2,15-9)7-5-3-4-6-10(12)13/h9H,3-8H2,1-2H3,(H,12,13). The van der Waals surface area contributed by atoms with E-state index in [0.29, 0.717) is 6.61 Å². The van der Waals surface area contributed by atoms with Gasteiger partial charge in [-0.15, -0.1) is 0 Å². The highest BCUT2D eigenvalue weighted by atomic mass is 16.7. The van der Waals surface area contributed by atoms with Crippen molar-refractivity contribution in [3.05, 3.63) is 0 Å². The first-order chi connectivity index (χ1) is 7.02. The summed E-state index contributed by atoms with van der Waals surface area (Å²) >= 11 is 0. The first-order valence-electron chi connectivity index (χ1n) is 5.55. The lowest BCUT2D eigenvalue weighted by atomic mass is 10.1. The molecule has 0 spiro atoms. The molecule has 0 aromatic carbocycles. The lowest BCUT2D eigenvalue weighted by Crippen LogP contribution is -2.26. The van der Waals surface area contributed by atoms with Crippen molar-refractivity contribution >= 4 is 5.97 Å². The molecule has 0 aromatic rings. The van der Waals surface area contributed by atoms with Crippen LogP contribution in [0.3, 0.4) is 0 Å². The molecule has 4 heteroatoms. The molecule has 1 fully saturated rings. The third-order valence-electron chi connectivity index (χ3n) is 2.60. The summed E-state index contributed by atoms with van der Waals surface area (Å²) in [6.07, 6.45) is 3.89. The van der Waals surface area contributed by atoms with Gasteiger partial charge in [0.2, 0.25) is 0 Å². The molecule has 2 unspecified atom stereocenters. The predicted octanol–water partition coefficient (Wildman–Crippen LogP) is 2.17. The van der Waals surface area contributed by atoms with Crippen molar-refractivity contribution in [2.24, 2.45) is 0 Å². The van der Waals surface area contributed by atoms with Crippen molar-refractivity contribution in [1.29, 1.82) is 0 Å². The Hall–Kier alpha value is -0.610. The number of hydrogen-bond acceptors (Lipinski definition) is 3. The zero-order valence-corrected chi connectivity index (χ0v) is 9.49. The Morgan fingerprint density at radius 3 is 2.73 bits per heavy atom. The van der Waals surface area contributed by atoms with Gasteiger partial charge in [0.1, 0.15) is 0 Å². The minimum atomic E-state index is -0.719. The van der Waals surface area contributed by atoms with E-state index in [1.54, 1.807) is 0 Å². The highest BCUT2D eigenvalue weighted by Crippen LogP contribution is 2.28. The summed E-state index contributed by atoms with van der Waals surface area (Å²) in [6, 6.07) is 0. The average molecular weight is 216 g/mol. The fourth-order valence-corrected chi connectivity index (χ4v) is 1.82. The van der Waals surface area contributed by atoms with Crippen LogP contribution < -0.4 is 0 Å². The lowest BCUT2D eigenvalue weighted by Gasteiger charge is -2.22. The molecule has 1 N–H and O–H groups in total. The Labute approximate surface area is 90.6 Å². The number of carboxylic acids is 1. The van der Waals surface area contributed by atoms with Crippen LogP contribution in [0.25, 0.3) is 0 Å². The number of carboxylic acid groups (broad SMARTS) is 1. The SMILES string of the molecule is CC1COC(C)(CCCCCC(=O)O)O1. The van der Waals surface area contributed by atoms with E-state index in [4.69, 9.17) is 14.6 Å². The Bertz CT molecular complexity index is 217. The Morgan fingerprint density at radius 2 is 2.20 bits per heavy atom. The molecule has 1 saturated heterocycles. The Kier molecular flexibility index (Phi) is 4.54. The molecule has 1 heterocycles. The molecule has 1 aliphatic heterocycles. The highest BCUT2D eigenvalue weighted by molar-refractivity contribution is 5.66. The van der Waals surface area contributed by atoms with Crippen LogP contribution in [0.5, 0.6) is 0 Å². The van der Waals surface area contributed by atoms with Crippen molar-refractivity contribution < 1.29 is 19.4 Å². The van der Waals surface area contributed by atoms with Crippen molar-refractivity contribution in [2.75, 3.05) is 6.61 Å². The van der Waals surface area contributed by atoms with Gasteiger partial charge >= 0.3 is 5.97 Å². The molecule has 0 amide bonds. The van der Waals surface area contributed by atoms with E-state index in [1.165, 1.54) is 0 Å². The van der Waals surface area contributed by atoms with Gasteiger partial charge in [0.25, 0.3) is 0 Å². The molecule has 2 atom stereocenters. The smallest absolute Gasteiger partial charge is 0.303 e. The van der Waals surface area contributed by atoms with E-state index in [2.05, 4.69) is 0 Å². The largest absolute Gasteiger partial charge is 0.481 e. The fourth-order valence-electron chi connectivity index (χ4n) is 1.82. The van der Waals surface area contributed by atoms with Crippen LogP contribution in [-0.4, -0.2) is 29.6 Å². The number of carbonyl (C=O) groups is 1. The van der Waals surface area contributed by atoms with Crippen LogP contribution in [0.4, 0.5) is 0 Å². The van der Waals surface area contributed by atoms with E-state index in [1.807, 2.05) is 13.8 Å².